The number of halogens is 1. The van der Waals surface area contributed by atoms with Crippen LogP contribution in [0.2, 0.25) is 0 Å². The van der Waals surface area contributed by atoms with Gasteiger partial charge in [-0.25, -0.2) is 4.79 Å². The standard InChI is InChI=1S/C14H14BrNO5/c1-8(12(17)21-3)14(19)10-6-9(15)4-5-11(10)16(7-20-2)13(14)18/h4-6,19H,1,7H2,2-3H3. The Labute approximate surface area is 130 Å². The third kappa shape index (κ3) is 2.27. The van der Waals surface area contributed by atoms with Gasteiger partial charge in [0.2, 0.25) is 5.60 Å². The summed E-state index contributed by atoms with van der Waals surface area (Å²) in [6.45, 7) is 3.47. The molecule has 1 aliphatic rings. The number of esters is 1. The van der Waals surface area contributed by atoms with Gasteiger partial charge in [-0.1, -0.05) is 22.5 Å². The van der Waals surface area contributed by atoms with Crippen molar-refractivity contribution >= 4 is 33.5 Å². The number of nitrogens with zero attached hydrogens (tertiary/aromatic N) is 1. The molecule has 1 aromatic rings. The Hall–Kier alpha value is -1.70. The number of carbonyl (C=O) groups excluding carboxylic acids is 2. The number of aliphatic hydroxyl groups is 1. The molecule has 112 valence electrons. The molecule has 1 unspecified atom stereocenters. The van der Waals surface area contributed by atoms with Gasteiger partial charge in [-0.15, -0.1) is 0 Å². The maximum absolute atomic E-state index is 12.6. The normalized spacial score (nSPS) is 20.4. The molecule has 0 spiro atoms. The molecule has 0 saturated heterocycles. The zero-order chi connectivity index (χ0) is 15.8. The van der Waals surface area contributed by atoms with E-state index in [1.165, 1.54) is 12.0 Å². The maximum Gasteiger partial charge on any atom is 0.336 e. The predicted molar refractivity (Wildman–Crippen MR) is 78.6 cm³/mol. The van der Waals surface area contributed by atoms with Gasteiger partial charge in [0.15, 0.2) is 0 Å². The Bertz CT molecular complexity index is 630. The highest BCUT2D eigenvalue weighted by Crippen LogP contribution is 2.45. The highest BCUT2D eigenvalue weighted by molar-refractivity contribution is 9.10. The molecule has 0 aliphatic carbocycles. The van der Waals surface area contributed by atoms with E-state index in [0.717, 1.165) is 7.11 Å². The fourth-order valence-corrected chi connectivity index (χ4v) is 2.63. The van der Waals surface area contributed by atoms with Crippen LogP contribution in [0.15, 0.2) is 34.8 Å². The molecular formula is C14H14BrNO5. The third-order valence-corrected chi connectivity index (χ3v) is 3.81. The van der Waals surface area contributed by atoms with Gasteiger partial charge < -0.3 is 14.6 Å². The minimum absolute atomic E-state index is 0.0514. The van der Waals surface area contributed by atoms with Crippen molar-refractivity contribution in [3.05, 3.63) is 40.4 Å². The van der Waals surface area contributed by atoms with Crippen LogP contribution >= 0.6 is 15.9 Å². The Morgan fingerprint density at radius 3 is 2.71 bits per heavy atom. The number of carbonyl (C=O) groups is 2. The van der Waals surface area contributed by atoms with Crippen LogP contribution in [-0.4, -0.2) is 37.9 Å². The van der Waals surface area contributed by atoms with Crippen molar-refractivity contribution in [2.45, 2.75) is 5.60 Å². The Morgan fingerprint density at radius 2 is 2.14 bits per heavy atom. The second-order valence-corrected chi connectivity index (χ2v) is 5.41. The fraction of sp³-hybridized carbons (Fsp3) is 0.286. The molecule has 21 heavy (non-hydrogen) atoms. The second kappa shape index (κ2) is 5.59. The van der Waals surface area contributed by atoms with Crippen LogP contribution in [-0.2, 0) is 24.7 Å². The Kier molecular flexibility index (Phi) is 4.18. The zero-order valence-electron chi connectivity index (χ0n) is 11.6. The summed E-state index contributed by atoms with van der Waals surface area (Å²) in [7, 11) is 2.59. The van der Waals surface area contributed by atoms with Gasteiger partial charge in [-0.05, 0) is 18.2 Å². The number of methoxy groups -OCH3 is 2. The van der Waals surface area contributed by atoms with Gasteiger partial charge in [0, 0.05) is 17.1 Å². The minimum Gasteiger partial charge on any atom is -0.466 e. The third-order valence-electron chi connectivity index (χ3n) is 3.32. The van der Waals surface area contributed by atoms with Crippen LogP contribution in [0, 0.1) is 0 Å². The van der Waals surface area contributed by atoms with Crippen molar-refractivity contribution in [3.8, 4) is 0 Å². The minimum atomic E-state index is -2.16. The lowest BCUT2D eigenvalue weighted by molar-refractivity contribution is -0.144. The topological polar surface area (TPSA) is 76.1 Å². The summed E-state index contributed by atoms with van der Waals surface area (Å²) in [6.07, 6.45) is 0. The molecule has 0 bridgehead atoms. The van der Waals surface area contributed by atoms with Crippen LogP contribution in [0.1, 0.15) is 5.56 Å². The molecule has 7 heteroatoms. The molecule has 1 amide bonds. The predicted octanol–water partition coefficient (Wildman–Crippen LogP) is 1.32. The van der Waals surface area contributed by atoms with Crippen LogP contribution in [0.4, 0.5) is 5.69 Å². The molecular weight excluding hydrogens is 342 g/mol. The molecule has 0 saturated carbocycles. The second-order valence-electron chi connectivity index (χ2n) is 4.49. The summed E-state index contributed by atoms with van der Waals surface area (Å²) in [4.78, 5) is 25.5. The summed E-state index contributed by atoms with van der Waals surface area (Å²) < 4.78 is 10.2. The number of rotatable bonds is 4. The first-order valence-corrected chi connectivity index (χ1v) is 6.78. The van der Waals surface area contributed by atoms with Gasteiger partial charge in [0.05, 0.1) is 18.4 Å². The molecule has 6 nitrogen and oxygen atoms in total. The van der Waals surface area contributed by atoms with Crippen molar-refractivity contribution in [2.75, 3.05) is 25.9 Å². The van der Waals surface area contributed by atoms with Crippen molar-refractivity contribution in [3.63, 3.8) is 0 Å². The summed E-state index contributed by atoms with van der Waals surface area (Å²) in [5.74, 6) is -1.55. The highest BCUT2D eigenvalue weighted by atomic mass is 79.9. The summed E-state index contributed by atoms with van der Waals surface area (Å²) in [5, 5.41) is 10.8. The molecule has 0 radical (unpaired) electrons. The van der Waals surface area contributed by atoms with E-state index in [2.05, 4.69) is 27.2 Å². The molecule has 1 N–H and O–H groups in total. The van der Waals surface area contributed by atoms with E-state index in [-0.39, 0.29) is 17.9 Å². The van der Waals surface area contributed by atoms with E-state index in [4.69, 9.17) is 4.74 Å². The number of ether oxygens (including phenoxy) is 2. The largest absolute Gasteiger partial charge is 0.466 e. The molecule has 1 aromatic carbocycles. The van der Waals surface area contributed by atoms with Crippen LogP contribution in [0.5, 0.6) is 0 Å². The van der Waals surface area contributed by atoms with Gasteiger partial charge in [0.1, 0.15) is 6.73 Å². The first-order valence-electron chi connectivity index (χ1n) is 5.99. The van der Waals surface area contributed by atoms with Crippen molar-refractivity contribution < 1.29 is 24.2 Å². The number of fused-ring (bicyclic) bond motifs is 1. The zero-order valence-corrected chi connectivity index (χ0v) is 13.1. The summed E-state index contributed by atoms with van der Waals surface area (Å²) in [6, 6.07) is 4.94. The van der Waals surface area contributed by atoms with E-state index in [9.17, 15) is 14.7 Å². The van der Waals surface area contributed by atoms with Gasteiger partial charge in [-0.3, -0.25) is 9.69 Å². The molecule has 2 rings (SSSR count). The van der Waals surface area contributed by atoms with E-state index in [1.807, 2.05) is 0 Å². The molecule has 1 aliphatic heterocycles. The molecule has 0 aromatic heterocycles. The van der Waals surface area contributed by atoms with Gasteiger partial charge >= 0.3 is 5.97 Å². The lowest BCUT2D eigenvalue weighted by Gasteiger charge is -2.23. The SMILES string of the molecule is C=C(C(=O)OC)C1(O)C(=O)N(COC)c2ccc(Br)cc21. The smallest absolute Gasteiger partial charge is 0.336 e. The lowest BCUT2D eigenvalue weighted by Crippen LogP contribution is -2.44. The molecule has 1 atom stereocenters. The molecule has 1 heterocycles. The van der Waals surface area contributed by atoms with Crippen molar-refractivity contribution in [2.24, 2.45) is 0 Å². The maximum atomic E-state index is 12.6. The average Bonchev–Trinajstić information content (AvgIpc) is 2.69. The van der Waals surface area contributed by atoms with Gasteiger partial charge in [0.25, 0.3) is 5.91 Å². The number of benzene rings is 1. The Morgan fingerprint density at radius 1 is 1.48 bits per heavy atom. The monoisotopic (exact) mass is 355 g/mol. The number of hydrogen-bond donors (Lipinski definition) is 1. The van der Waals surface area contributed by atoms with Crippen molar-refractivity contribution in [1.29, 1.82) is 0 Å². The van der Waals surface area contributed by atoms with E-state index >= 15 is 0 Å². The lowest BCUT2D eigenvalue weighted by atomic mass is 9.88. The van der Waals surface area contributed by atoms with Crippen LogP contribution in [0.3, 0.4) is 0 Å². The molecule has 0 fully saturated rings. The highest BCUT2D eigenvalue weighted by Gasteiger charge is 2.54. The van der Waals surface area contributed by atoms with E-state index in [1.54, 1.807) is 18.2 Å². The van der Waals surface area contributed by atoms with Gasteiger partial charge in [-0.2, -0.15) is 0 Å². The number of anilines is 1. The summed E-state index contributed by atoms with van der Waals surface area (Å²) in [5.41, 5.74) is -1.79. The first kappa shape index (κ1) is 15.7. The van der Waals surface area contributed by atoms with Crippen LogP contribution < -0.4 is 4.90 Å². The number of amides is 1. The fourth-order valence-electron chi connectivity index (χ4n) is 2.27. The number of hydrogen-bond acceptors (Lipinski definition) is 5. The first-order chi connectivity index (χ1) is 9.87. The van der Waals surface area contributed by atoms with Crippen LogP contribution in [0.25, 0.3) is 0 Å². The summed E-state index contributed by atoms with van der Waals surface area (Å²) >= 11 is 3.28. The van der Waals surface area contributed by atoms with Crippen molar-refractivity contribution in [1.82, 2.24) is 0 Å². The van der Waals surface area contributed by atoms with E-state index in [0.29, 0.717) is 10.2 Å². The van der Waals surface area contributed by atoms with E-state index < -0.39 is 17.5 Å². The Balaban J connectivity index is 2.63. The average molecular weight is 356 g/mol. The quantitative estimate of drug-likeness (QED) is 0.651.